The molecule has 3 aromatic rings. The van der Waals surface area contributed by atoms with E-state index in [0.29, 0.717) is 18.1 Å². The van der Waals surface area contributed by atoms with Crippen LogP contribution in [0.5, 0.6) is 0 Å². The Balaban J connectivity index is 1.56. The number of hydrogen-bond acceptors (Lipinski definition) is 4. The molecule has 0 aliphatic rings. The van der Waals surface area contributed by atoms with Crippen LogP contribution in [0.2, 0.25) is 5.02 Å². The Labute approximate surface area is 159 Å². The lowest BCUT2D eigenvalue weighted by Crippen LogP contribution is -2.24. The summed E-state index contributed by atoms with van der Waals surface area (Å²) in [6, 6.07) is 21.2. The summed E-state index contributed by atoms with van der Waals surface area (Å²) in [7, 11) is 1.99. The van der Waals surface area contributed by atoms with Crippen molar-refractivity contribution in [2.24, 2.45) is 0 Å². The van der Waals surface area contributed by atoms with E-state index < -0.39 is 6.10 Å². The van der Waals surface area contributed by atoms with Gasteiger partial charge in [0.2, 0.25) is 0 Å². The highest BCUT2D eigenvalue weighted by atomic mass is 35.5. The summed E-state index contributed by atoms with van der Waals surface area (Å²) in [6.45, 7) is 1.27. The molecule has 2 N–H and O–H groups in total. The molecule has 2 aromatic carbocycles. The van der Waals surface area contributed by atoms with Crippen LogP contribution < -0.4 is 5.32 Å². The summed E-state index contributed by atoms with van der Waals surface area (Å²) in [6.07, 6.45) is 1.33. The van der Waals surface area contributed by atoms with Crippen LogP contribution in [0.1, 0.15) is 17.2 Å². The summed E-state index contributed by atoms with van der Waals surface area (Å²) >= 11 is 6.15. The summed E-state index contributed by atoms with van der Waals surface area (Å²) < 4.78 is 0. The fourth-order valence-electron chi connectivity index (χ4n) is 2.74. The third kappa shape index (κ3) is 5.05. The van der Waals surface area contributed by atoms with Crippen molar-refractivity contribution in [3.05, 3.63) is 89.1 Å². The minimum Gasteiger partial charge on any atom is -0.387 e. The largest absolute Gasteiger partial charge is 0.387 e. The van der Waals surface area contributed by atoms with Crippen molar-refractivity contribution in [2.45, 2.75) is 12.6 Å². The van der Waals surface area contributed by atoms with Crippen LogP contribution in [0, 0.1) is 0 Å². The number of halogens is 1. The van der Waals surface area contributed by atoms with Gasteiger partial charge < -0.3 is 10.4 Å². The molecule has 1 aromatic heterocycles. The van der Waals surface area contributed by atoms with Gasteiger partial charge in [-0.05, 0) is 36.4 Å². The van der Waals surface area contributed by atoms with Gasteiger partial charge >= 0.3 is 0 Å². The molecule has 0 bridgehead atoms. The number of nitrogens with one attached hydrogen (secondary N) is 1. The highest BCUT2D eigenvalue weighted by Crippen LogP contribution is 2.24. The van der Waals surface area contributed by atoms with Gasteiger partial charge in [-0.3, -0.25) is 4.90 Å². The van der Waals surface area contributed by atoms with Crippen molar-refractivity contribution in [3.8, 4) is 0 Å². The number of likely N-dealkylation sites (N-methyl/N-ethyl adjacent to an activating group) is 1. The summed E-state index contributed by atoms with van der Waals surface area (Å²) in [5.41, 5.74) is 2.84. The molecule has 134 valence electrons. The van der Waals surface area contributed by atoms with Crippen LogP contribution in [-0.4, -0.2) is 28.6 Å². The first-order valence-electron chi connectivity index (χ1n) is 8.50. The number of anilines is 2. The number of pyridine rings is 1. The van der Waals surface area contributed by atoms with Crippen LogP contribution in [-0.2, 0) is 6.54 Å². The Hall–Kier alpha value is -2.40. The Morgan fingerprint density at radius 3 is 2.46 bits per heavy atom. The Bertz CT molecular complexity index is 824. The number of aliphatic hydroxyl groups excluding tert-OH is 1. The predicted molar refractivity (Wildman–Crippen MR) is 107 cm³/mol. The molecule has 0 amide bonds. The molecule has 0 radical (unpaired) electrons. The molecule has 5 heteroatoms. The first-order chi connectivity index (χ1) is 12.6. The monoisotopic (exact) mass is 367 g/mol. The van der Waals surface area contributed by atoms with Crippen LogP contribution in [0.4, 0.5) is 11.5 Å². The van der Waals surface area contributed by atoms with Crippen molar-refractivity contribution in [3.63, 3.8) is 0 Å². The van der Waals surface area contributed by atoms with Crippen LogP contribution in [0.25, 0.3) is 0 Å². The number of nitrogens with zero attached hydrogens (tertiary/aromatic N) is 2. The summed E-state index contributed by atoms with van der Waals surface area (Å²) in [4.78, 5) is 6.53. The maximum absolute atomic E-state index is 10.3. The van der Waals surface area contributed by atoms with E-state index in [4.69, 9.17) is 11.6 Å². The topological polar surface area (TPSA) is 48.4 Å². The van der Waals surface area contributed by atoms with Crippen LogP contribution >= 0.6 is 11.6 Å². The van der Waals surface area contributed by atoms with Crippen molar-refractivity contribution in [1.82, 2.24) is 9.88 Å². The average Bonchev–Trinajstić information content (AvgIpc) is 2.66. The Morgan fingerprint density at radius 2 is 1.77 bits per heavy atom. The number of benzene rings is 2. The molecule has 0 spiro atoms. The van der Waals surface area contributed by atoms with E-state index in [0.717, 1.165) is 22.6 Å². The van der Waals surface area contributed by atoms with E-state index in [2.05, 4.69) is 15.2 Å². The van der Waals surface area contributed by atoms with Gasteiger partial charge in [-0.2, -0.15) is 0 Å². The number of hydrogen-bond donors (Lipinski definition) is 2. The molecule has 1 atom stereocenters. The second kappa shape index (κ2) is 8.81. The van der Waals surface area contributed by atoms with Crippen molar-refractivity contribution >= 4 is 23.1 Å². The molecule has 0 aliphatic heterocycles. The zero-order valence-corrected chi connectivity index (χ0v) is 15.4. The van der Waals surface area contributed by atoms with Crippen molar-refractivity contribution < 1.29 is 5.11 Å². The van der Waals surface area contributed by atoms with E-state index in [9.17, 15) is 5.11 Å². The zero-order chi connectivity index (χ0) is 18.4. The van der Waals surface area contributed by atoms with E-state index in [1.165, 1.54) is 0 Å². The highest BCUT2D eigenvalue weighted by molar-refractivity contribution is 6.33. The molecule has 4 nitrogen and oxygen atoms in total. The lowest BCUT2D eigenvalue weighted by Gasteiger charge is -2.21. The Kier molecular flexibility index (Phi) is 6.23. The van der Waals surface area contributed by atoms with E-state index in [1.807, 2.05) is 80.0 Å². The van der Waals surface area contributed by atoms with Gasteiger partial charge in [0, 0.05) is 19.3 Å². The molecule has 1 heterocycles. The van der Waals surface area contributed by atoms with Crippen molar-refractivity contribution in [2.75, 3.05) is 18.9 Å². The second-order valence-electron chi connectivity index (χ2n) is 6.28. The fraction of sp³-hybridized carbons (Fsp3) is 0.190. The van der Waals surface area contributed by atoms with Gasteiger partial charge in [0.15, 0.2) is 0 Å². The second-order valence-corrected chi connectivity index (χ2v) is 6.69. The van der Waals surface area contributed by atoms with Gasteiger partial charge in [0.1, 0.15) is 5.82 Å². The molecule has 26 heavy (non-hydrogen) atoms. The molecular weight excluding hydrogens is 346 g/mol. The maximum atomic E-state index is 10.3. The first-order valence-corrected chi connectivity index (χ1v) is 8.87. The molecule has 0 saturated heterocycles. The van der Waals surface area contributed by atoms with Crippen molar-refractivity contribution in [1.29, 1.82) is 0 Å². The van der Waals surface area contributed by atoms with Crippen LogP contribution in [0.15, 0.2) is 72.9 Å². The molecule has 3 rings (SSSR count). The number of aromatic nitrogens is 1. The van der Waals surface area contributed by atoms with E-state index >= 15 is 0 Å². The SMILES string of the molecule is CN(Cc1ccc(Nc2ccccc2Cl)nc1)CC(O)c1ccccc1. The van der Waals surface area contributed by atoms with E-state index in [1.54, 1.807) is 0 Å². The minimum absolute atomic E-state index is 0.504. The van der Waals surface area contributed by atoms with E-state index in [-0.39, 0.29) is 0 Å². The average molecular weight is 368 g/mol. The highest BCUT2D eigenvalue weighted by Gasteiger charge is 2.11. The number of rotatable bonds is 7. The van der Waals surface area contributed by atoms with Crippen LogP contribution in [0.3, 0.4) is 0 Å². The zero-order valence-electron chi connectivity index (χ0n) is 14.6. The molecule has 0 aliphatic carbocycles. The fourth-order valence-corrected chi connectivity index (χ4v) is 2.93. The third-order valence-electron chi connectivity index (χ3n) is 4.08. The number of aliphatic hydroxyl groups is 1. The van der Waals surface area contributed by atoms with Gasteiger partial charge in [0.05, 0.1) is 16.8 Å². The summed E-state index contributed by atoms with van der Waals surface area (Å²) in [5.74, 6) is 0.744. The molecule has 0 saturated carbocycles. The summed E-state index contributed by atoms with van der Waals surface area (Å²) in [5, 5.41) is 14.2. The van der Waals surface area contributed by atoms with Gasteiger partial charge in [-0.1, -0.05) is 60.1 Å². The smallest absolute Gasteiger partial charge is 0.130 e. The van der Waals surface area contributed by atoms with Gasteiger partial charge in [-0.15, -0.1) is 0 Å². The minimum atomic E-state index is -0.504. The quantitative estimate of drug-likeness (QED) is 0.638. The maximum Gasteiger partial charge on any atom is 0.130 e. The van der Waals surface area contributed by atoms with Gasteiger partial charge in [-0.25, -0.2) is 4.98 Å². The Morgan fingerprint density at radius 1 is 1.04 bits per heavy atom. The lowest BCUT2D eigenvalue weighted by molar-refractivity contribution is 0.124. The molecule has 1 unspecified atom stereocenters. The standard InChI is InChI=1S/C21H22ClN3O/c1-25(15-20(26)17-7-3-2-4-8-17)14-16-11-12-21(23-13-16)24-19-10-6-5-9-18(19)22/h2-13,20,26H,14-15H2,1H3,(H,23,24). The van der Waals surface area contributed by atoms with Gasteiger partial charge in [0.25, 0.3) is 0 Å². The normalized spacial score (nSPS) is 12.2. The lowest BCUT2D eigenvalue weighted by atomic mass is 10.1. The third-order valence-corrected chi connectivity index (χ3v) is 4.41. The number of para-hydroxylation sites is 1. The first kappa shape index (κ1) is 18.4. The molecule has 0 fully saturated rings. The predicted octanol–water partition coefficient (Wildman–Crippen LogP) is 4.64. The molecular formula is C21H22ClN3O.